The van der Waals surface area contributed by atoms with Crippen molar-refractivity contribution in [2.45, 2.75) is 6.18 Å². The van der Waals surface area contributed by atoms with Crippen LogP contribution in [0.3, 0.4) is 0 Å². The van der Waals surface area contributed by atoms with Gasteiger partial charge in [0.25, 0.3) is 0 Å². The highest BCUT2D eigenvalue weighted by Crippen LogP contribution is 2.33. The molecule has 2 heterocycles. The largest absolute Gasteiger partial charge is 0.434 e. The molecular formula is C16H9F3N2. The Morgan fingerprint density at radius 3 is 2.14 bits per heavy atom. The smallest absolute Gasteiger partial charge is 0.299 e. The molecule has 0 unspecified atom stereocenters. The van der Waals surface area contributed by atoms with E-state index >= 15 is 0 Å². The summed E-state index contributed by atoms with van der Waals surface area (Å²) in [6, 6.07) is 14.8. The zero-order chi connectivity index (χ0) is 14.6. The van der Waals surface area contributed by atoms with Gasteiger partial charge in [0.05, 0.1) is 5.52 Å². The molecule has 0 aliphatic carbocycles. The average molecular weight is 286 g/mol. The van der Waals surface area contributed by atoms with Gasteiger partial charge in [0.1, 0.15) is 5.65 Å². The molecule has 2 aromatic carbocycles. The SMILES string of the molecule is FC(F)(F)c1cn2c3ccccc3c3ccccc3c2n1. The van der Waals surface area contributed by atoms with Crippen molar-refractivity contribution in [2.75, 3.05) is 0 Å². The number of halogens is 3. The maximum absolute atomic E-state index is 13.0. The fourth-order valence-corrected chi connectivity index (χ4v) is 2.71. The zero-order valence-corrected chi connectivity index (χ0v) is 10.7. The fourth-order valence-electron chi connectivity index (χ4n) is 2.71. The molecular weight excluding hydrogens is 277 g/mol. The summed E-state index contributed by atoms with van der Waals surface area (Å²) in [5.41, 5.74) is 0.176. The molecule has 0 aliphatic heterocycles. The molecule has 0 bridgehead atoms. The third kappa shape index (κ3) is 1.70. The van der Waals surface area contributed by atoms with Crippen molar-refractivity contribution < 1.29 is 13.2 Å². The van der Waals surface area contributed by atoms with E-state index < -0.39 is 11.9 Å². The van der Waals surface area contributed by atoms with E-state index in [2.05, 4.69) is 4.98 Å². The first-order valence-corrected chi connectivity index (χ1v) is 6.41. The average Bonchev–Trinajstić information content (AvgIpc) is 2.93. The van der Waals surface area contributed by atoms with Gasteiger partial charge in [0.2, 0.25) is 0 Å². The van der Waals surface area contributed by atoms with Crippen LogP contribution in [-0.4, -0.2) is 9.38 Å². The third-order valence-electron chi connectivity index (χ3n) is 3.62. The molecule has 0 saturated carbocycles. The summed E-state index contributed by atoms with van der Waals surface area (Å²) in [5, 5.41) is 2.53. The van der Waals surface area contributed by atoms with E-state index in [4.69, 9.17) is 0 Å². The number of hydrogen-bond acceptors (Lipinski definition) is 1. The molecule has 0 N–H and O–H groups in total. The van der Waals surface area contributed by atoms with Crippen molar-refractivity contribution in [3.8, 4) is 0 Å². The molecule has 0 atom stereocenters. The lowest BCUT2D eigenvalue weighted by Gasteiger charge is -2.07. The lowest BCUT2D eigenvalue weighted by molar-refractivity contribution is -0.140. The van der Waals surface area contributed by atoms with Gasteiger partial charge >= 0.3 is 6.18 Å². The molecule has 4 aromatic rings. The van der Waals surface area contributed by atoms with Gasteiger partial charge in [0, 0.05) is 17.0 Å². The van der Waals surface area contributed by atoms with Crippen LogP contribution in [0.4, 0.5) is 13.2 Å². The number of para-hydroxylation sites is 1. The second-order valence-electron chi connectivity index (χ2n) is 4.88. The Balaban J connectivity index is 2.29. The Morgan fingerprint density at radius 2 is 1.43 bits per heavy atom. The minimum absolute atomic E-state index is 0.330. The summed E-state index contributed by atoms with van der Waals surface area (Å²) >= 11 is 0. The molecule has 0 aliphatic rings. The monoisotopic (exact) mass is 286 g/mol. The van der Waals surface area contributed by atoms with Gasteiger partial charge in [0.15, 0.2) is 5.69 Å². The summed E-state index contributed by atoms with van der Waals surface area (Å²) in [6.07, 6.45) is -3.39. The van der Waals surface area contributed by atoms with Crippen LogP contribution in [0.1, 0.15) is 5.69 Å². The van der Waals surface area contributed by atoms with Gasteiger partial charge < -0.3 is 0 Å². The summed E-state index contributed by atoms with van der Waals surface area (Å²) in [4.78, 5) is 3.80. The van der Waals surface area contributed by atoms with E-state index in [-0.39, 0.29) is 0 Å². The fraction of sp³-hybridized carbons (Fsp3) is 0.0625. The van der Waals surface area contributed by atoms with Crippen LogP contribution >= 0.6 is 0 Å². The maximum Gasteiger partial charge on any atom is 0.434 e. The van der Waals surface area contributed by atoms with E-state index in [0.29, 0.717) is 16.6 Å². The van der Waals surface area contributed by atoms with Crippen LogP contribution in [-0.2, 0) is 6.18 Å². The highest BCUT2D eigenvalue weighted by molar-refractivity contribution is 6.11. The van der Waals surface area contributed by atoms with Crippen molar-refractivity contribution in [3.05, 3.63) is 60.4 Å². The molecule has 2 nitrogen and oxygen atoms in total. The number of aromatic nitrogens is 2. The van der Waals surface area contributed by atoms with Crippen molar-refractivity contribution in [2.24, 2.45) is 0 Å². The second kappa shape index (κ2) is 3.97. The van der Waals surface area contributed by atoms with Gasteiger partial charge in [-0.05, 0) is 11.5 Å². The molecule has 0 saturated heterocycles. The molecule has 4 rings (SSSR count). The quantitative estimate of drug-likeness (QED) is 0.430. The van der Waals surface area contributed by atoms with E-state index in [9.17, 15) is 13.2 Å². The van der Waals surface area contributed by atoms with E-state index in [0.717, 1.165) is 17.0 Å². The molecule has 0 radical (unpaired) electrons. The van der Waals surface area contributed by atoms with Gasteiger partial charge in [-0.1, -0.05) is 42.5 Å². The Bertz CT molecular complexity index is 910. The van der Waals surface area contributed by atoms with Crippen LogP contribution in [0.2, 0.25) is 0 Å². The van der Waals surface area contributed by atoms with Gasteiger partial charge in [-0.3, -0.25) is 4.40 Å². The number of imidazole rings is 1. The summed E-state index contributed by atoms with van der Waals surface area (Å²) in [7, 11) is 0. The van der Waals surface area contributed by atoms with Gasteiger partial charge in [-0.2, -0.15) is 13.2 Å². The van der Waals surface area contributed by atoms with Crippen LogP contribution in [0.25, 0.3) is 27.3 Å². The van der Waals surface area contributed by atoms with E-state index in [1.807, 2.05) is 30.3 Å². The Hall–Kier alpha value is -2.56. The minimum atomic E-state index is -4.45. The number of alkyl halides is 3. The standard InChI is InChI=1S/C16H9F3N2/c17-16(18,19)14-9-21-13-8-4-3-6-11(13)10-5-1-2-7-12(10)15(21)20-14/h1-9H. The molecule has 0 fully saturated rings. The number of benzene rings is 2. The Labute approximate surface area is 117 Å². The van der Waals surface area contributed by atoms with Gasteiger partial charge in [-0.25, -0.2) is 4.98 Å². The lowest BCUT2D eigenvalue weighted by Crippen LogP contribution is -2.04. The Kier molecular flexibility index (Phi) is 2.31. The normalized spacial score (nSPS) is 12.5. The minimum Gasteiger partial charge on any atom is -0.299 e. The van der Waals surface area contributed by atoms with Crippen LogP contribution in [0, 0.1) is 0 Å². The van der Waals surface area contributed by atoms with Crippen molar-refractivity contribution in [3.63, 3.8) is 0 Å². The summed E-state index contributed by atoms with van der Waals surface area (Å²) in [6.45, 7) is 0. The molecule has 0 amide bonds. The molecule has 21 heavy (non-hydrogen) atoms. The van der Waals surface area contributed by atoms with Crippen molar-refractivity contribution in [1.29, 1.82) is 0 Å². The number of hydrogen-bond donors (Lipinski definition) is 0. The lowest BCUT2D eigenvalue weighted by atomic mass is 10.1. The zero-order valence-electron chi connectivity index (χ0n) is 10.7. The first-order chi connectivity index (χ1) is 10.1. The van der Waals surface area contributed by atoms with Crippen LogP contribution < -0.4 is 0 Å². The highest BCUT2D eigenvalue weighted by Gasteiger charge is 2.34. The van der Waals surface area contributed by atoms with E-state index in [1.165, 1.54) is 4.40 Å². The molecule has 2 aromatic heterocycles. The summed E-state index contributed by atoms with van der Waals surface area (Å²) < 4.78 is 40.4. The number of nitrogens with zero attached hydrogens (tertiary/aromatic N) is 2. The maximum atomic E-state index is 13.0. The predicted octanol–water partition coefficient (Wildman–Crippen LogP) is 4.66. The number of fused-ring (bicyclic) bond motifs is 6. The van der Waals surface area contributed by atoms with Crippen molar-refractivity contribution in [1.82, 2.24) is 9.38 Å². The van der Waals surface area contributed by atoms with Crippen LogP contribution in [0.5, 0.6) is 0 Å². The van der Waals surface area contributed by atoms with Crippen LogP contribution in [0.15, 0.2) is 54.7 Å². The first-order valence-electron chi connectivity index (χ1n) is 6.41. The highest BCUT2D eigenvalue weighted by atomic mass is 19.4. The van der Waals surface area contributed by atoms with E-state index in [1.54, 1.807) is 18.2 Å². The number of rotatable bonds is 0. The molecule has 0 spiro atoms. The first kappa shape index (κ1) is 12.2. The molecule has 5 heteroatoms. The van der Waals surface area contributed by atoms with Gasteiger partial charge in [-0.15, -0.1) is 0 Å². The molecule has 104 valence electrons. The van der Waals surface area contributed by atoms with Crippen molar-refractivity contribution >= 4 is 27.3 Å². The number of pyridine rings is 1. The second-order valence-corrected chi connectivity index (χ2v) is 4.88. The summed E-state index contributed by atoms with van der Waals surface area (Å²) in [5.74, 6) is 0. The Morgan fingerprint density at radius 1 is 0.810 bits per heavy atom. The predicted molar refractivity (Wildman–Crippen MR) is 75.2 cm³/mol. The third-order valence-corrected chi connectivity index (χ3v) is 3.62. The topological polar surface area (TPSA) is 17.3 Å².